The molecule has 2 aliphatic heterocycles. The number of piperidine rings is 2. The molecule has 0 aromatic heterocycles. The van der Waals surface area contributed by atoms with E-state index in [0.717, 1.165) is 45.3 Å². The van der Waals surface area contributed by atoms with Gasteiger partial charge in [0.1, 0.15) is 0 Å². The number of nitrogens with zero attached hydrogens (tertiary/aromatic N) is 1. The first-order valence-corrected chi connectivity index (χ1v) is 9.54. The molecule has 2 aliphatic rings. The number of hydrogen-bond acceptors (Lipinski definition) is 4. The second kappa shape index (κ2) is 8.49. The molecule has 2 fully saturated rings. The fourth-order valence-corrected chi connectivity index (χ4v) is 3.90. The van der Waals surface area contributed by atoms with Gasteiger partial charge in [0.25, 0.3) is 0 Å². The van der Waals surface area contributed by atoms with Gasteiger partial charge in [-0.3, -0.25) is 9.59 Å². The van der Waals surface area contributed by atoms with Crippen molar-refractivity contribution < 1.29 is 14.3 Å². The molecule has 2 saturated heterocycles. The second-order valence-corrected chi connectivity index (χ2v) is 8.74. The fourth-order valence-electron chi connectivity index (χ4n) is 3.90. The van der Waals surface area contributed by atoms with Crippen molar-refractivity contribution >= 4 is 11.8 Å². The number of ether oxygens (including phenoxy) is 1. The minimum Gasteiger partial charge on any atom is -0.384 e. The maximum atomic E-state index is 12.7. The molecule has 2 N–H and O–H groups in total. The Morgan fingerprint density at radius 3 is 2.56 bits per heavy atom. The third-order valence-electron chi connectivity index (χ3n) is 5.47. The molecule has 1 atom stereocenters. The third kappa shape index (κ3) is 5.42. The van der Waals surface area contributed by atoms with Crippen LogP contribution in [0.5, 0.6) is 0 Å². The van der Waals surface area contributed by atoms with Crippen LogP contribution >= 0.6 is 0 Å². The number of hydrogen-bond donors (Lipinski definition) is 2. The number of rotatable bonds is 5. The molecule has 144 valence electrons. The highest BCUT2D eigenvalue weighted by atomic mass is 16.5. The monoisotopic (exact) mass is 353 g/mol. The average Bonchev–Trinajstić information content (AvgIpc) is 2.59. The van der Waals surface area contributed by atoms with E-state index in [9.17, 15) is 9.59 Å². The Morgan fingerprint density at radius 1 is 1.28 bits per heavy atom. The van der Waals surface area contributed by atoms with Gasteiger partial charge in [0.2, 0.25) is 11.8 Å². The number of carbonyl (C=O) groups is 2. The molecular formula is C19H35N3O3. The van der Waals surface area contributed by atoms with Crippen molar-refractivity contribution in [2.75, 3.05) is 46.4 Å². The molecule has 2 amide bonds. The number of likely N-dealkylation sites (tertiary alicyclic amines) is 1. The number of amides is 2. The highest BCUT2D eigenvalue weighted by molar-refractivity contribution is 5.83. The van der Waals surface area contributed by atoms with Crippen LogP contribution in [-0.2, 0) is 14.3 Å². The normalized spacial score (nSPS) is 24.0. The molecule has 0 radical (unpaired) electrons. The summed E-state index contributed by atoms with van der Waals surface area (Å²) in [5.74, 6) is 0.126. The van der Waals surface area contributed by atoms with E-state index in [1.807, 2.05) is 25.7 Å². The lowest BCUT2D eigenvalue weighted by atomic mass is 9.79. The van der Waals surface area contributed by atoms with Crippen LogP contribution in [0, 0.1) is 16.7 Å². The zero-order chi connectivity index (χ0) is 18.5. The average molecular weight is 354 g/mol. The van der Waals surface area contributed by atoms with Crippen LogP contribution in [0.15, 0.2) is 0 Å². The highest BCUT2D eigenvalue weighted by Crippen LogP contribution is 2.29. The van der Waals surface area contributed by atoms with E-state index in [2.05, 4.69) is 10.6 Å². The van der Waals surface area contributed by atoms with E-state index < -0.39 is 5.41 Å². The van der Waals surface area contributed by atoms with Crippen molar-refractivity contribution in [3.05, 3.63) is 0 Å². The van der Waals surface area contributed by atoms with Crippen LogP contribution < -0.4 is 10.6 Å². The highest BCUT2D eigenvalue weighted by Gasteiger charge is 2.36. The summed E-state index contributed by atoms with van der Waals surface area (Å²) in [7, 11) is 1.72. The van der Waals surface area contributed by atoms with Gasteiger partial charge in [-0.05, 0) is 38.8 Å². The van der Waals surface area contributed by atoms with E-state index in [4.69, 9.17) is 4.74 Å². The molecule has 0 spiro atoms. The van der Waals surface area contributed by atoms with E-state index >= 15 is 0 Å². The summed E-state index contributed by atoms with van der Waals surface area (Å²) in [5.41, 5.74) is -0.360. The summed E-state index contributed by atoms with van der Waals surface area (Å²) in [6, 6.07) is 0. The second-order valence-electron chi connectivity index (χ2n) is 8.74. The lowest BCUT2D eigenvalue weighted by Gasteiger charge is -2.39. The first kappa shape index (κ1) is 20.2. The van der Waals surface area contributed by atoms with Gasteiger partial charge in [0, 0.05) is 37.6 Å². The van der Waals surface area contributed by atoms with Crippen molar-refractivity contribution in [3.8, 4) is 0 Å². The smallest absolute Gasteiger partial charge is 0.227 e. The molecule has 6 heteroatoms. The molecule has 0 aromatic carbocycles. The van der Waals surface area contributed by atoms with E-state index in [1.165, 1.54) is 0 Å². The van der Waals surface area contributed by atoms with Gasteiger partial charge >= 0.3 is 0 Å². The maximum Gasteiger partial charge on any atom is 0.227 e. The third-order valence-corrected chi connectivity index (χ3v) is 5.47. The van der Waals surface area contributed by atoms with Crippen molar-refractivity contribution in [1.82, 2.24) is 15.5 Å². The van der Waals surface area contributed by atoms with Crippen molar-refractivity contribution in [3.63, 3.8) is 0 Å². The zero-order valence-electron chi connectivity index (χ0n) is 16.3. The van der Waals surface area contributed by atoms with E-state index in [1.54, 1.807) is 7.11 Å². The van der Waals surface area contributed by atoms with Gasteiger partial charge in [-0.25, -0.2) is 0 Å². The topological polar surface area (TPSA) is 70.7 Å². The van der Waals surface area contributed by atoms with Crippen LogP contribution in [0.4, 0.5) is 0 Å². The fraction of sp³-hybridized carbons (Fsp3) is 0.895. The lowest BCUT2D eigenvalue weighted by Crippen LogP contribution is -2.51. The number of methoxy groups -OCH3 is 1. The Bertz CT molecular complexity index is 462. The minimum atomic E-state index is -0.393. The molecule has 1 unspecified atom stereocenters. The SMILES string of the molecule is COCC1(CNC(=O)C2CCCN(C(=O)C(C)(C)C)C2)CCNCC1. The van der Waals surface area contributed by atoms with Crippen LogP contribution in [0.25, 0.3) is 0 Å². The lowest BCUT2D eigenvalue weighted by molar-refractivity contribution is -0.143. The minimum absolute atomic E-state index is 0.0330. The summed E-state index contributed by atoms with van der Waals surface area (Å²) in [6.45, 7) is 10.4. The van der Waals surface area contributed by atoms with E-state index in [0.29, 0.717) is 19.7 Å². The number of nitrogens with one attached hydrogen (secondary N) is 2. The predicted molar refractivity (Wildman–Crippen MR) is 98.2 cm³/mol. The van der Waals surface area contributed by atoms with E-state index in [-0.39, 0.29) is 23.1 Å². The van der Waals surface area contributed by atoms with Gasteiger partial charge in [-0.2, -0.15) is 0 Å². The zero-order valence-corrected chi connectivity index (χ0v) is 16.3. The standard InChI is InChI=1S/C19H35N3O3/c1-18(2,3)17(24)22-11-5-6-15(12-22)16(23)21-13-19(14-25-4)7-9-20-10-8-19/h15,20H,5-14H2,1-4H3,(H,21,23). The molecule has 0 saturated carbocycles. The first-order valence-electron chi connectivity index (χ1n) is 9.54. The molecule has 2 rings (SSSR count). The van der Waals surface area contributed by atoms with Crippen molar-refractivity contribution in [2.45, 2.75) is 46.5 Å². The summed E-state index contributed by atoms with van der Waals surface area (Å²) < 4.78 is 5.42. The molecule has 0 bridgehead atoms. The van der Waals surface area contributed by atoms with Crippen LogP contribution in [0.3, 0.4) is 0 Å². The summed E-state index contributed by atoms with van der Waals surface area (Å²) >= 11 is 0. The molecule has 0 aromatic rings. The molecule has 25 heavy (non-hydrogen) atoms. The number of carbonyl (C=O) groups excluding carboxylic acids is 2. The largest absolute Gasteiger partial charge is 0.384 e. The first-order chi connectivity index (χ1) is 11.8. The Hall–Kier alpha value is -1.14. The molecule has 2 heterocycles. The van der Waals surface area contributed by atoms with Gasteiger partial charge in [0.05, 0.1) is 12.5 Å². The summed E-state index contributed by atoms with van der Waals surface area (Å²) in [4.78, 5) is 27.1. The molecule has 6 nitrogen and oxygen atoms in total. The summed E-state index contributed by atoms with van der Waals surface area (Å²) in [6.07, 6.45) is 3.78. The quantitative estimate of drug-likeness (QED) is 0.784. The van der Waals surface area contributed by atoms with Gasteiger partial charge in [-0.1, -0.05) is 20.8 Å². The van der Waals surface area contributed by atoms with Crippen LogP contribution in [0.2, 0.25) is 0 Å². The van der Waals surface area contributed by atoms with Gasteiger partial charge in [-0.15, -0.1) is 0 Å². The van der Waals surface area contributed by atoms with Gasteiger partial charge in [0.15, 0.2) is 0 Å². The predicted octanol–water partition coefficient (Wildman–Crippen LogP) is 1.40. The summed E-state index contributed by atoms with van der Waals surface area (Å²) in [5, 5.41) is 6.53. The molecule has 0 aliphatic carbocycles. The maximum absolute atomic E-state index is 12.7. The Kier molecular flexibility index (Phi) is 6.86. The molecular weight excluding hydrogens is 318 g/mol. The van der Waals surface area contributed by atoms with Crippen molar-refractivity contribution in [1.29, 1.82) is 0 Å². The Labute approximate surface area is 152 Å². The van der Waals surface area contributed by atoms with Crippen LogP contribution in [0.1, 0.15) is 46.5 Å². The van der Waals surface area contributed by atoms with Crippen LogP contribution in [-0.4, -0.2) is 63.2 Å². The van der Waals surface area contributed by atoms with Crippen molar-refractivity contribution in [2.24, 2.45) is 16.7 Å². The Balaban J connectivity index is 1.90. The van der Waals surface area contributed by atoms with Gasteiger partial charge < -0.3 is 20.3 Å². The Morgan fingerprint density at radius 2 is 1.96 bits per heavy atom.